The van der Waals surface area contributed by atoms with Crippen molar-refractivity contribution in [1.82, 2.24) is 0 Å². The first-order valence-corrected chi connectivity index (χ1v) is 6.80. The highest BCUT2D eigenvalue weighted by Crippen LogP contribution is 2.26. The Bertz CT molecular complexity index is 433. The van der Waals surface area contributed by atoms with Crippen molar-refractivity contribution in [3.8, 4) is 5.75 Å². The van der Waals surface area contributed by atoms with E-state index in [9.17, 15) is 4.79 Å². The molecule has 1 amide bonds. The van der Waals surface area contributed by atoms with E-state index in [1.165, 1.54) is 6.42 Å². The number of anilines is 1. The van der Waals surface area contributed by atoms with E-state index in [0.29, 0.717) is 17.4 Å². The van der Waals surface area contributed by atoms with Gasteiger partial charge in [-0.25, -0.2) is 4.79 Å². The normalized spacial score (nSPS) is 22.6. The van der Waals surface area contributed by atoms with Crippen LogP contribution in [0.4, 0.5) is 10.5 Å². The topological polar surface area (TPSA) is 47.6 Å². The average Bonchev–Trinajstić information content (AvgIpc) is 2.41. The van der Waals surface area contributed by atoms with Gasteiger partial charge in [0, 0.05) is 11.8 Å². The molecule has 1 aromatic rings. The smallest absolute Gasteiger partial charge is 0.411 e. The summed E-state index contributed by atoms with van der Waals surface area (Å²) >= 11 is 0. The first-order chi connectivity index (χ1) is 9.19. The molecule has 2 atom stereocenters. The van der Waals surface area contributed by atoms with Crippen molar-refractivity contribution in [3.63, 3.8) is 0 Å². The molecule has 0 aliphatic heterocycles. The minimum absolute atomic E-state index is 0.0411. The summed E-state index contributed by atoms with van der Waals surface area (Å²) in [6.07, 6.45) is 4.13. The lowest BCUT2D eigenvalue weighted by Gasteiger charge is -2.28. The number of hydrogen-bond acceptors (Lipinski definition) is 3. The molecule has 0 aromatic heterocycles. The van der Waals surface area contributed by atoms with Crippen molar-refractivity contribution in [2.75, 3.05) is 12.4 Å². The van der Waals surface area contributed by atoms with Gasteiger partial charge in [0.2, 0.25) is 0 Å². The summed E-state index contributed by atoms with van der Waals surface area (Å²) in [6, 6.07) is 7.25. The lowest BCUT2D eigenvalue weighted by atomic mass is 9.88. The third-order valence-corrected chi connectivity index (χ3v) is 3.61. The van der Waals surface area contributed by atoms with Gasteiger partial charge in [-0.2, -0.15) is 0 Å². The van der Waals surface area contributed by atoms with Crippen molar-refractivity contribution < 1.29 is 14.3 Å². The highest BCUT2D eigenvalue weighted by molar-refractivity contribution is 5.84. The Hall–Kier alpha value is -1.71. The number of methoxy groups -OCH3 is 1. The standard InChI is InChI=1S/C15H21NO3/c1-11-6-3-4-9-14(11)19-15(17)16-12-7-5-8-13(10-12)18-2/h5,7-8,10-11,14H,3-4,6,9H2,1-2H3,(H,16,17)/t11-,14+/m1/s1. The van der Waals surface area contributed by atoms with Gasteiger partial charge in [-0.1, -0.05) is 19.4 Å². The van der Waals surface area contributed by atoms with Crippen LogP contribution in [0, 0.1) is 5.92 Å². The highest BCUT2D eigenvalue weighted by atomic mass is 16.6. The number of amides is 1. The second-order valence-electron chi connectivity index (χ2n) is 5.06. The quantitative estimate of drug-likeness (QED) is 0.901. The van der Waals surface area contributed by atoms with Crippen LogP contribution in [0.2, 0.25) is 0 Å². The molecule has 0 unspecified atom stereocenters. The van der Waals surface area contributed by atoms with E-state index in [2.05, 4.69) is 12.2 Å². The van der Waals surface area contributed by atoms with Gasteiger partial charge >= 0.3 is 6.09 Å². The first kappa shape index (κ1) is 13.7. The summed E-state index contributed by atoms with van der Waals surface area (Å²) in [6.45, 7) is 2.14. The molecule has 0 bridgehead atoms. The zero-order valence-corrected chi connectivity index (χ0v) is 11.5. The maximum atomic E-state index is 11.9. The third kappa shape index (κ3) is 3.88. The molecule has 1 fully saturated rings. The van der Waals surface area contributed by atoms with Gasteiger partial charge in [0.05, 0.1) is 7.11 Å². The molecule has 0 radical (unpaired) electrons. The molecule has 0 heterocycles. The molecule has 2 rings (SSSR count). The van der Waals surface area contributed by atoms with Crippen LogP contribution < -0.4 is 10.1 Å². The Morgan fingerprint density at radius 2 is 2.11 bits per heavy atom. The predicted molar refractivity (Wildman–Crippen MR) is 74.5 cm³/mol. The summed E-state index contributed by atoms with van der Waals surface area (Å²) in [7, 11) is 1.60. The van der Waals surface area contributed by atoms with Crippen LogP contribution in [-0.2, 0) is 4.74 Å². The molecule has 1 aliphatic rings. The van der Waals surface area contributed by atoms with E-state index < -0.39 is 0 Å². The Kier molecular flexibility index (Phi) is 4.66. The average molecular weight is 263 g/mol. The molecule has 1 N–H and O–H groups in total. The summed E-state index contributed by atoms with van der Waals surface area (Å²) in [5.74, 6) is 1.16. The van der Waals surface area contributed by atoms with Crippen LogP contribution in [0.5, 0.6) is 5.75 Å². The number of rotatable bonds is 3. The van der Waals surface area contributed by atoms with Crippen LogP contribution >= 0.6 is 0 Å². The second-order valence-corrected chi connectivity index (χ2v) is 5.06. The molecular formula is C15H21NO3. The monoisotopic (exact) mass is 263 g/mol. The van der Waals surface area contributed by atoms with E-state index in [4.69, 9.17) is 9.47 Å². The van der Waals surface area contributed by atoms with E-state index in [-0.39, 0.29) is 12.2 Å². The zero-order valence-electron chi connectivity index (χ0n) is 11.5. The molecule has 1 aliphatic carbocycles. The highest BCUT2D eigenvalue weighted by Gasteiger charge is 2.24. The van der Waals surface area contributed by atoms with Crippen molar-refractivity contribution in [3.05, 3.63) is 24.3 Å². The summed E-state index contributed by atoms with van der Waals surface area (Å²) < 4.78 is 10.6. The molecular weight excluding hydrogens is 242 g/mol. The SMILES string of the molecule is COc1cccc(NC(=O)O[C@H]2CCCC[C@H]2C)c1. The number of ether oxygens (including phenoxy) is 2. The number of hydrogen-bond donors (Lipinski definition) is 1. The molecule has 0 saturated heterocycles. The molecule has 4 nitrogen and oxygen atoms in total. The van der Waals surface area contributed by atoms with Crippen LogP contribution in [0.1, 0.15) is 32.6 Å². The Morgan fingerprint density at radius 3 is 2.84 bits per heavy atom. The molecule has 1 aromatic carbocycles. The summed E-state index contributed by atoms with van der Waals surface area (Å²) in [5, 5.41) is 2.74. The largest absolute Gasteiger partial charge is 0.497 e. The predicted octanol–water partition coefficient (Wildman–Crippen LogP) is 3.82. The fourth-order valence-electron chi connectivity index (χ4n) is 2.44. The second kappa shape index (κ2) is 6.45. The third-order valence-electron chi connectivity index (χ3n) is 3.61. The van der Waals surface area contributed by atoms with Crippen molar-refractivity contribution in [1.29, 1.82) is 0 Å². The van der Waals surface area contributed by atoms with Crippen molar-refractivity contribution in [2.24, 2.45) is 5.92 Å². The summed E-state index contributed by atoms with van der Waals surface area (Å²) in [4.78, 5) is 11.9. The molecule has 4 heteroatoms. The van der Waals surface area contributed by atoms with Crippen LogP contribution in [0.15, 0.2) is 24.3 Å². The maximum Gasteiger partial charge on any atom is 0.411 e. The van der Waals surface area contributed by atoms with Crippen LogP contribution in [0.3, 0.4) is 0 Å². The fraction of sp³-hybridized carbons (Fsp3) is 0.533. The van der Waals surface area contributed by atoms with E-state index in [1.807, 2.05) is 18.2 Å². The lowest BCUT2D eigenvalue weighted by Crippen LogP contribution is -2.30. The zero-order chi connectivity index (χ0) is 13.7. The Morgan fingerprint density at radius 1 is 1.32 bits per heavy atom. The van der Waals surface area contributed by atoms with Gasteiger partial charge in [-0.05, 0) is 37.3 Å². The number of nitrogens with one attached hydrogen (secondary N) is 1. The van der Waals surface area contributed by atoms with E-state index in [0.717, 1.165) is 19.3 Å². The van der Waals surface area contributed by atoms with Crippen LogP contribution in [0.25, 0.3) is 0 Å². The number of carbonyl (C=O) groups is 1. The van der Waals surface area contributed by atoms with Gasteiger partial charge < -0.3 is 9.47 Å². The van der Waals surface area contributed by atoms with Crippen LogP contribution in [-0.4, -0.2) is 19.3 Å². The fourth-order valence-corrected chi connectivity index (χ4v) is 2.44. The van der Waals surface area contributed by atoms with Gasteiger partial charge in [0.25, 0.3) is 0 Å². The van der Waals surface area contributed by atoms with Crippen molar-refractivity contribution in [2.45, 2.75) is 38.7 Å². The molecule has 19 heavy (non-hydrogen) atoms. The number of benzene rings is 1. The minimum Gasteiger partial charge on any atom is -0.497 e. The summed E-state index contributed by atoms with van der Waals surface area (Å²) in [5.41, 5.74) is 0.688. The van der Waals surface area contributed by atoms with Crippen molar-refractivity contribution >= 4 is 11.8 Å². The van der Waals surface area contributed by atoms with E-state index >= 15 is 0 Å². The van der Waals surface area contributed by atoms with E-state index in [1.54, 1.807) is 13.2 Å². The Labute approximate surface area is 114 Å². The van der Waals surface area contributed by atoms with Gasteiger partial charge in [-0.3, -0.25) is 5.32 Å². The van der Waals surface area contributed by atoms with Gasteiger partial charge in [-0.15, -0.1) is 0 Å². The maximum absolute atomic E-state index is 11.9. The first-order valence-electron chi connectivity index (χ1n) is 6.80. The lowest BCUT2D eigenvalue weighted by molar-refractivity contribution is 0.0524. The minimum atomic E-state index is -0.382. The molecule has 1 saturated carbocycles. The number of carbonyl (C=O) groups excluding carboxylic acids is 1. The van der Waals surface area contributed by atoms with Gasteiger partial charge in [0.15, 0.2) is 0 Å². The molecule has 104 valence electrons. The molecule has 0 spiro atoms. The Balaban J connectivity index is 1.89. The van der Waals surface area contributed by atoms with Gasteiger partial charge in [0.1, 0.15) is 11.9 Å².